The largest absolute Gasteiger partial charge is 0.460 e. The van der Waals surface area contributed by atoms with Crippen molar-refractivity contribution < 1.29 is 40.3 Å². The predicted molar refractivity (Wildman–Crippen MR) is 107 cm³/mol. The summed E-state index contributed by atoms with van der Waals surface area (Å²) in [4.78, 5) is 23.6. The molecule has 0 bridgehead atoms. The summed E-state index contributed by atoms with van der Waals surface area (Å²) in [5.74, 6) is -16.3. The second-order valence-corrected chi connectivity index (χ2v) is 7.29. The zero-order chi connectivity index (χ0) is 25.2. The van der Waals surface area contributed by atoms with Gasteiger partial charge in [-0.3, -0.25) is 9.59 Å². The number of alkyl halides is 7. The molecule has 0 fully saturated rings. The molecule has 0 aliphatic heterocycles. The Labute approximate surface area is 191 Å². The van der Waals surface area contributed by atoms with Crippen LogP contribution in [0.4, 0.5) is 36.4 Å². The van der Waals surface area contributed by atoms with Gasteiger partial charge in [-0.25, -0.2) is 5.43 Å². The van der Waals surface area contributed by atoms with E-state index in [2.05, 4.69) is 10.5 Å². The Morgan fingerprint density at radius 1 is 0.939 bits per heavy atom. The van der Waals surface area contributed by atoms with Gasteiger partial charge in [-0.15, -0.1) is 0 Å². The molecule has 0 radical (unpaired) electrons. The molecule has 0 saturated heterocycles. The van der Waals surface area contributed by atoms with Crippen molar-refractivity contribution in [3.05, 3.63) is 63.6 Å². The quantitative estimate of drug-likeness (QED) is 0.283. The SMILES string of the molecule is CC(=NNC(=O)c1ccc(Cl)cc1Cl)c1cccc(NC(=O)C(F)(F)C(F)(F)C(F)(F)F)c1. The summed E-state index contributed by atoms with van der Waals surface area (Å²) in [5, 5.41) is 5.41. The van der Waals surface area contributed by atoms with E-state index in [1.54, 1.807) is 0 Å². The highest BCUT2D eigenvalue weighted by molar-refractivity contribution is 6.36. The summed E-state index contributed by atoms with van der Waals surface area (Å²) >= 11 is 11.6. The second-order valence-electron chi connectivity index (χ2n) is 6.44. The van der Waals surface area contributed by atoms with E-state index >= 15 is 0 Å². The second kappa shape index (κ2) is 9.56. The number of hydrogen-bond donors (Lipinski definition) is 2. The fraction of sp³-hybridized carbons (Fsp3) is 0.211. The number of benzene rings is 2. The van der Waals surface area contributed by atoms with Crippen LogP contribution in [0.3, 0.4) is 0 Å². The average molecular weight is 518 g/mol. The van der Waals surface area contributed by atoms with Crippen molar-refractivity contribution in [3.8, 4) is 0 Å². The highest BCUT2D eigenvalue weighted by Gasteiger charge is 2.76. The number of anilines is 1. The number of nitrogens with one attached hydrogen (secondary N) is 2. The first-order valence-electron chi connectivity index (χ1n) is 8.62. The van der Waals surface area contributed by atoms with Gasteiger partial charge in [0, 0.05) is 10.7 Å². The third kappa shape index (κ3) is 5.74. The molecule has 0 saturated carbocycles. The molecule has 33 heavy (non-hydrogen) atoms. The lowest BCUT2D eigenvalue weighted by atomic mass is 10.1. The van der Waals surface area contributed by atoms with Gasteiger partial charge in [0.2, 0.25) is 0 Å². The first kappa shape index (κ1) is 26.4. The molecule has 0 heterocycles. The van der Waals surface area contributed by atoms with Crippen molar-refractivity contribution in [2.75, 3.05) is 5.32 Å². The van der Waals surface area contributed by atoms with E-state index in [4.69, 9.17) is 23.2 Å². The first-order valence-corrected chi connectivity index (χ1v) is 9.37. The minimum Gasteiger partial charge on any atom is -0.321 e. The summed E-state index contributed by atoms with van der Waals surface area (Å²) in [5.41, 5.74) is 1.86. The Morgan fingerprint density at radius 2 is 1.58 bits per heavy atom. The zero-order valence-electron chi connectivity index (χ0n) is 16.2. The van der Waals surface area contributed by atoms with E-state index in [1.807, 2.05) is 0 Å². The lowest BCUT2D eigenvalue weighted by molar-refractivity contribution is -0.343. The maximum Gasteiger partial charge on any atom is 0.460 e. The molecule has 0 aliphatic rings. The highest BCUT2D eigenvalue weighted by Crippen LogP contribution is 2.46. The number of rotatable bonds is 6. The van der Waals surface area contributed by atoms with Gasteiger partial charge >= 0.3 is 23.9 Å². The van der Waals surface area contributed by atoms with Gasteiger partial charge in [0.15, 0.2) is 0 Å². The van der Waals surface area contributed by atoms with Crippen LogP contribution in [0.1, 0.15) is 22.8 Å². The highest BCUT2D eigenvalue weighted by atomic mass is 35.5. The van der Waals surface area contributed by atoms with Crippen LogP contribution >= 0.6 is 23.2 Å². The minimum absolute atomic E-state index is 0.0338. The van der Waals surface area contributed by atoms with E-state index in [9.17, 15) is 40.3 Å². The van der Waals surface area contributed by atoms with E-state index in [0.717, 1.165) is 12.1 Å². The molecule has 2 rings (SSSR count). The van der Waals surface area contributed by atoms with E-state index < -0.39 is 35.5 Å². The Morgan fingerprint density at radius 3 is 2.15 bits per heavy atom. The summed E-state index contributed by atoms with van der Waals surface area (Å²) < 4.78 is 89.8. The Kier molecular flexibility index (Phi) is 7.64. The molecule has 0 aromatic heterocycles. The number of carbonyl (C=O) groups excluding carboxylic acids is 2. The van der Waals surface area contributed by atoms with Gasteiger partial charge in [0.25, 0.3) is 5.91 Å². The van der Waals surface area contributed by atoms with Crippen LogP contribution in [0.15, 0.2) is 47.6 Å². The maximum absolute atomic E-state index is 13.5. The van der Waals surface area contributed by atoms with Crippen LogP contribution in [-0.4, -0.2) is 35.5 Å². The summed E-state index contributed by atoms with van der Waals surface area (Å²) in [6.07, 6.45) is -6.65. The third-order valence-corrected chi connectivity index (χ3v) is 4.62. The third-order valence-electron chi connectivity index (χ3n) is 4.07. The van der Waals surface area contributed by atoms with Gasteiger partial charge in [0.1, 0.15) is 0 Å². The molecule has 5 nitrogen and oxygen atoms in total. The predicted octanol–water partition coefficient (Wildman–Crippen LogP) is 5.92. The molecule has 0 spiro atoms. The van der Waals surface area contributed by atoms with E-state index in [1.165, 1.54) is 42.6 Å². The van der Waals surface area contributed by atoms with Gasteiger partial charge < -0.3 is 5.32 Å². The number of nitrogens with zero attached hydrogens (tertiary/aromatic N) is 1. The summed E-state index contributed by atoms with van der Waals surface area (Å²) in [6.45, 7) is 1.36. The molecule has 2 aromatic carbocycles. The molecule has 2 N–H and O–H groups in total. The van der Waals surface area contributed by atoms with Crippen LogP contribution < -0.4 is 10.7 Å². The summed E-state index contributed by atoms with van der Waals surface area (Å²) in [7, 11) is 0. The number of hydrogen-bond acceptors (Lipinski definition) is 3. The van der Waals surface area contributed by atoms with Crippen molar-refractivity contribution in [2.45, 2.75) is 24.9 Å². The van der Waals surface area contributed by atoms with Crippen molar-refractivity contribution in [3.63, 3.8) is 0 Å². The average Bonchev–Trinajstić information content (AvgIpc) is 2.70. The zero-order valence-corrected chi connectivity index (χ0v) is 17.7. The van der Waals surface area contributed by atoms with Gasteiger partial charge in [-0.1, -0.05) is 35.3 Å². The smallest absolute Gasteiger partial charge is 0.321 e. The Balaban J connectivity index is 2.18. The number of carbonyl (C=O) groups is 2. The van der Waals surface area contributed by atoms with Gasteiger partial charge in [0.05, 0.1) is 16.3 Å². The van der Waals surface area contributed by atoms with Gasteiger partial charge in [-0.2, -0.15) is 35.8 Å². The van der Waals surface area contributed by atoms with Crippen LogP contribution in [0, 0.1) is 0 Å². The number of halogens is 9. The van der Waals surface area contributed by atoms with E-state index in [-0.39, 0.29) is 26.9 Å². The molecule has 0 unspecified atom stereocenters. The Hall–Kier alpha value is -2.86. The lowest BCUT2D eigenvalue weighted by Gasteiger charge is -2.27. The van der Waals surface area contributed by atoms with Crippen molar-refractivity contribution in [2.24, 2.45) is 5.10 Å². The normalized spacial score (nSPS) is 13.0. The van der Waals surface area contributed by atoms with Crippen LogP contribution in [-0.2, 0) is 4.79 Å². The summed E-state index contributed by atoms with van der Waals surface area (Å²) in [6, 6.07) is 8.53. The maximum atomic E-state index is 13.5. The molecule has 14 heteroatoms. The first-order chi connectivity index (χ1) is 15.1. The monoisotopic (exact) mass is 517 g/mol. The topological polar surface area (TPSA) is 70.6 Å². The lowest BCUT2D eigenvalue weighted by Crippen LogP contribution is -2.57. The van der Waals surface area contributed by atoms with Crippen molar-refractivity contribution in [1.82, 2.24) is 5.43 Å². The van der Waals surface area contributed by atoms with Crippen LogP contribution in [0.2, 0.25) is 10.0 Å². The molecule has 2 aromatic rings. The molecule has 2 amide bonds. The minimum atomic E-state index is -6.65. The Bertz CT molecular complexity index is 1110. The fourth-order valence-corrected chi connectivity index (χ4v) is 2.78. The molecule has 0 atom stereocenters. The number of amides is 2. The standard InChI is InChI=1S/C19H12Cl2F7N3O2/c1-9(30-31-15(32)13-6-5-11(20)8-14(13)21)10-3-2-4-12(7-10)29-16(33)17(22,23)18(24,25)19(26,27)28/h2-8H,1H3,(H,29,33)(H,31,32). The van der Waals surface area contributed by atoms with Crippen molar-refractivity contribution >= 4 is 46.4 Å². The molecular weight excluding hydrogens is 506 g/mol. The van der Waals surface area contributed by atoms with E-state index in [0.29, 0.717) is 0 Å². The van der Waals surface area contributed by atoms with Crippen LogP contribution in [0.25, 0.3) is 0 Å². The van der Waals surface area contributed by atoms with Crippen LogP contribution in [0.5, 0.6) is 0 Å². The molecular formula is C19H12Cl2F7N3O2. The number of hydrazone groups is 1. The molecule has 0 aliphatic carbocycles. The van der Waals surface area contributed by atoms with Crippen molar-refractivity contribution in [1.29, 1.82) is 0 Å². The molecule has 178 valence electrons. The fourth-order valence-electron chi connectivity index (χ4n) is 2.29. The van der Waals surface area contributed by atoms with Gasteiger partial charge in [-0.05, 0) is 42.8 Å².